The average Bonchev–Trinajstić information content (AvgIpc) is 3.23. The number of ether oxygens (including phenoxy) is 1. The van der Waals surface area contributed by atoms with E-state index in [0.29, 0.717) is 31.2 Å². The number of pyridine rings is 1. The zero-order valence-corrected chi connectivity index (χ0v) is 16.1. The Kier molecular flexibility index (Phi) is 4.74. The van der Waals surface area contributed by atoms with Crippen molar-refractivity contribution in [3.05, 3.63) is 66.6 Å². The van der Waals surface area contributed by atoms with Crippen molar-refractivity contribution in [3.63, 3.8) is 0 Å². The molecule has 0 radical (unpaired) electrons. The fourth-order valence-corrected chi connectivity index (χ4v) is 3.45. The van der Waals surface area contributed by atoms with E-state index in [9.17, 15) is 13.2 Å². The van der Waals surface area contributed by atoms with E-state index in [1.807, 2.05) is 23.1 Å². The predicted molar refractivity (Wildman–Crippen MR) is 104 cm³/mol. The summed E-state index contributed by atoms with van der Waals surface area (Å²) < 4.78 is 46.4. The highest BCUT2D eigenvalue weighted by atomic mass is 19.4. The maximum atomic E-state index is 13.1. The Morgan fingerprint density at radius 2 is 1.90 bits per heavy atom. The molecule has 4 aromatic rings. The molecular weight excluding hydrogens is 411 g/mol. The van der Waals surface area contributed by atoms with Crippen molar-refractivity contribution in [1.82, 2.24) is 29.3 Å². The molecule has 5 heterocycles. The summed E-state index contributed by atoms with van der Waals surface area (Å²) in [4.78, 5) is 22.8. The zero-order valence-electron chi connectivity index (χ0n) is 16.1. The summed E-state index contributed by atoms with van der Waals surface area (Å²) in [5.74, 6) is 0.916. The molecule has 0 N–H and O–H groups in total. The molecule has 4 aromatic heterocycles. The molecule has 0 aliphatic carbocycles. The number of hydrogen-bond donors (Lipinski definition) is 0. The van der Waals surface area contributed by atoms with Crippen LogP contribution in [0.3, 0.4) is 0 Å². The maximum Gasteiger partial charge on any atom is 0.434 e. The highest BCUT2D eigenvalue weighted by Crippen LogP contribution is 2.29. The Morgan fingerprint density at radius 1 is 1.00 bits per heavy atom. The third-order valence-corrected chi connectivity index (χ3v) is 4.96. The molecule has 158 valence electrons. The fraction of sp³-hybridized carbons (Fsp3) is 0.250. The van der Waals surface area contributed by atoms with Crippen molar-refractivity contribution in [2.24, 2.45) is 0 Å². The number of morpholine rings is 1. The van der Waals surface area contributed by atoms with E-state index in [0.717, 1.165) is 18.1 Å². The van der Waals surface area contributed by atoms with Crippen LogP contribution in [0.2, 0.25) is 0 Å². The van der Waals surface area contributed by atoms with Crippen LogP contribution in [-0.2, 0) is 10.9 Å². The van der Waals surface area contributed by atoms with Crippen molar-refractivity contribution >= 4 is 11.5 Å². The molecule has 0 aromatic carbocycles. The van der Waals surface area contributed by atoms with E-state index in [4.69, 9.17) is 4.74 Å². The van der Waals surface area contributed by atoms with Gasteiger partial charge in [0.25, 0.3) is 0 Å². The van der Waals surface area contributed by atoms with Gasteiger partial charge in [0.15, 0.2) is 17.2 Å². The van der Waals surface area contributed by atoms with Gasteiger partial charge in [0.1, 0.15) is 17.6 Å². The Morgan fingerprint density at radius 3 is 2.71 bits per heavy atom. The van der Waals surface area contributed by atoms with Gasteiger partial charge in [-0.25, -0.2) is 19.9 Å². The summed E-state index contributed by atoms with van der Waals surface area (Å²) in [6.07, 6.45) is 1.95. The highest BCUT2D eigenvalue weighted by molar-refractivity contribution is 5.58. The van der Waals surface area contributed by atoms with Crippen molar-refractivity contribution in [1.29, 1.82) is 0 Å². The molecule has 8 nitrogen and oxygen atoms in total. The molecule has 0 amide bonds. The molecule has 5 rings (SSSR count). The third-order valence-electron chi connectivity index (χ3n) is 4.96. The monoisotopic (exact) mass is 427 g/mol. The minimum absolute atomic E-state index is 0.204. The summed E-state index contributed by atoms with van der Waals surface area (Å²) in [5.41, 5.74) is 0.440. The first-order valence-corrected chi connectivity index (χ1v) is 9.50. The molecule has 1 atom stereocenters. The topological polar surface area (TPSA) is 81.3 Å². The number of anilines is 1. The van der Waals surface area contributed by atoms with Crippen LogP contribution in [0.5, 0.6) is 0 Å². The summed E-state index contributed by atoms with van der Waals surface area (Å²) in [6.45, 7) is 1.66. The third kappa shape index (κ3) is 3.79. The summed E-state index contributed by atoms with van der Waals surface area (Å²) in [5, 5.41) is 0. The van der Waals surface area contributed by atoms with E-state index in [-0.39, 0.29) is 17.6 Å². The van der Waals surface area contributed by atoms with Gasteiger partial charge >= 0.3 is 6.18 Å². The molecular formula is C20H16F3N7O. The van der Waals surface area contributed by atoms with Crippen LogP contribution >= 0.6 is 0 Å². The maximum absolute atomic E-state index is 13.1. The van der Waals surface area contributed by atoms with Gasteiger partial charge in [0, 0.05) is 25.1 Å². The molecule has 1 fully saturated rings. The number of alkyl halides is 3. The first kappa shape index (κ1) is 19.4. The Bertz CT molecular complexity index is 1210. The summed E-state index contributed by atoms with van der Waals surface area (Å²) in [7, 11) is 0. The Labute approximate surface area is 174 Å². The zero-order chi connectivity index (χ0) is 21.4. The van der Waals surface area contributed by atoms with Crippen molar-refractivity contribution in [3.8, 4) is 11.5 Å². The number of fused-ring (bicyclic) bond motifs is 1. The number of nitrogens with zero attached hydrogens (tertiary/aromatic N) is 7. The normalized spacial score (nSPS) is 17.3. The SMILES string of the molecule is FC(F)(F)c1cn2c(-c3nccc(N4CCOC(c5ccccn5)C4)n3)cnc2cn1. The van der Waals surface area contributed by atoms with Crippen LogP contribution in [0.1, 0.15) is 17.5 Å². The van der Waals surface area contributed by atoms with Gasteiger partial charge in [-0.05, 0) is 18.2 Å². The Hall–Kier alpha value is -3.60. The lowest BCUT2D eigenvalue weighted by Gasteiger charge is -2.33. The quantitative estimate of drug-likeness (QED) is 0.497. The second-order valence-electron chi connectivity index (χ2n) is 6.94. The van der Waals surface area contributed by atoms with Gasteiger partial charge < -0.3 is 9.64 Å². The highest BCUT2D eigenvalue weighted by Gasteiger charge is 2.33. The van der Waals surface area contributed by atoms with Gasteiger partial charge in [-0.2, -0.15) is 13.2 Å². The molecule has 1 aliphatic rings. The number of rotatable bonds is 3. The molecule has 1 aliphatic heterocycles. The van der Waals surface area contributed by atoms with Gasteiger partial charge in [0.05, 0.1) is 31.2 Å². The van der Waals surface area contributed by atoms with E-state index in [2.05, 4.69) is 24.9 Å². The van der Waals surface area contributed by atoms with Crippen LogP contribution in [-0.4, -0.2) is 49.0 Å². The lowest BCUT2D eigenvalue weighted by molar-refractivity contribution is -0.141. The number of hydrogen-bond acceptors (Lipinski definition) is 7. The fourth-order valence-electron chi connectivity index (χ4n) is 3.45. The number of aromatic nitrogens is 6. The van der Waals surface area contributed by atoms with Gasteiger partial charge in [-0.3, -0.25) is 9.38 Å². The lowest BCUT2D eigenvalue weighted by Crippen LogP contribution is -2.39. The smallest absolute Gasteiger partial charge is 0.368 e. The van der Waals surface area contributed by atoms with E-state index < -0.39 is 11.9 Å². The molecule has 31 heavy (non-hydrogen) atoms. The summed E-state index contributed by atoms with van der Waals surface area (Å²) >= 11 is 0. The molecule has 1 saturated heterocycles. The van der Waals surface area contributed by atoms with Crippen molar-refractivity contribution in [2.45, 2.75) is 12.3 Å². The van der Waals surface area contributed by atoms with Gasteiger partial charge in [0.2, 0.25) is 0 Å². The van der Waals surface area contributed by atoms with Crippen LogP contribution in [0, 0.1) is 0 Å². The number of imidazole rings is 1. The van der Waals surface area contributed by atoms with Crippen LogP contribution in [0.25, 0.3) is 17.2 Å². The second-order valence-corrected chi connectivity index (χ2v) is 6.94. The predicted octanol–water partition coefficient (Wildman–Crippen LogP) is 3.18. The molecule has 0 saturated carbocycles. The minimum Gasteiger partial charge on any atom is -0.368 e. The van der Waals surface area contributed by atoms with Gasteiger partial charge in [-0.15, -0.1) is 0 Å². The largest absolute Gasteiger partial charge is 0.434 e. The van der Waals surface area contributed by atoms with E-state index in [1.54, 1.807) is 18.5 Å². The first-order valence-electron chi connectivity index (χ1n) is 9.50. The van der Waals surface area contributed by atoms with Crippen LogP contribution < -0.4 is 4.90 Å². The standard InChI is InChI=1S/C20H16F3N7O/c21-20(22,23)16-12-30-14(9-27-18(30)10-26-16)19-25-6-4-17(28-19)29-7-8-31-15(11-29)13-3-1-2-5-24-13/h1-6,9-10,12,15H,7-8,11H2. The number of halogens is 3. The van der Waals surface area contributed by atoms with Gasteiger partial charge in [-0.1, -0.05) is 6.07 Å². The lowest BCUT2D eigenvalue weighted by atomic mass is 10.2. The minimum atomic E-state index is -4.56. The molecule has 0 bridgehead atoms. The Balaban J connectivity index is 1.47. The molecule has 0 spiro atoms. The van der Waals surface area contributed by atoms with Crippen LogP contribution in [0.4, 0.5) is 19.0 Å². The first-order chi connectivity index (χ1) is 15.0. The average molecular weight is 427 g/mol. The van der Waals surface area contributed by atoms with Crippen molar-refractivity contribution in [2.75, 3.05) is 24.6 Å². The van der Waals surface area contributed by atoms with E-state index in [1.165, 1.54) is 10.6 Å². The molecule has 11 heteroatoms. The summed E-state index contributed by atoms with van der Waals surface area (Å²) in [6, 6.07) is 7.42. The molecule has 1 unspecified atom stereocenters. The van der Waals surface area contributed by atoms with Crippen molar-refractivity contribution < 1.29 is 17.9 Å². The van der Waals surface area contributed by atoms with Crippen LogP contribution in [0.15, 0.2) is 55.2 Å². The van der Waals surface area contributed by atoms with E-state index >= 15 is 0 Å². The second kappa shape index (κ2) is 7.58.